The molecule has 0 aliphatic carbocycles. The molecule has 0 radical (unpaired) electrons. The highest BCUT2D eigenvalue weighted by molar-refractivity contribution is 5.65. The predicted octanol–water partition coefficient (Wildman–Crippen LogP) is 3.01. The Morgan fingerprint density at radius 1 is 1.05 bits per heavy atom. The molecular formula is C16H18N4. The molecule has 0 spiro atoms. The highest BCUT2D eigenvalue weighted by atomic mass is 15.1. The van der Waals surface area contributed by atoms with Crippen LogP contribution in [0.1, 0.15) is 22.4 Å². The molecule has 0 aliphatic rings. The fraction of sp³-hybridized carbons (Fsp3) is 0.312. The molecule has 0 aliphatic heterocycles. The summed E-state index contributed by atoms with van der Waals surface area (Å²) in [5, 5.41) is 9.12. The molecule has 0 N–H and O–H groups in total. The van der Waals surface area contributed by atoms with Gasteiger partial charge in [0.1, 0.15) is 17.6 Å². The lowest BCUT2D eigenvalue weighted by atomic mass is 9.98. The Balaban J connectivity index is 2.67. The molecule has 0 bridgehead atoms. The van der Waals surface area contributed by atoms with Crippen molar-refractivity contribution in [2.75, 3.05) is 19.0 Å². The summed E-state index contributed by atoms with van der Waals surface area (Å²) in [7, 11) is 3.81. The maximum atomic E-state index is 9.12. The quantitative estimate of drug-likeness (QED) is 0.838. The van der Waals surface area contributed by atoms with Gasteiger partial charge < -0.3 is 4.90 Å². The Kier molecular flexibility index (Phi) is 3.71. The third kappa shape index (κ3) is 2.48. The molecule has 102 valence electrons. The monoisotopic (exact) mass is 266 g/mol. The number of benzene rings is 1. The minimum atomic E-state index is 0.385. The van der Waals surface area contributed by atoms with Crippen LogP contribution in [0.15, 0.2) is 18.2 Å². The van der Waals surface area contributed by atoms with Gasteiger partial charge in [-0.15, -0.1) is 0 Å². The Bertz CT molecular complexity index is 696. The molecule has 4 heteroatoms. The molecule has 0 fully saturated rings. The second-order valence-corrected chi connectivity index (χ2v) is 5.12. The van der Waals surface area contributed by atoms with E-state index in [1.165, 1.54) is 11.1 Å². The van der Waals surface area contributed by atoms with E-state index < -0.39 is 0 Å². The first-order valence-electron chi connectivity index (χ1n) is 6.47. The Hall–Kier alpha value is -2.41. The van der Waals surface area contributed by atoms with Crippen LogP contribution in [-0.4, -0.2) is 24.1 Å². The van der Waals surface area contributed by atoms with Crippen LogP contribution in [0.3, 0.4) is 0 Å². The summed E-state index contributed by atoms with van der Waals surface area (Å²) in [4.78, 5) is 10.8. The van der Waals surface area contributed by atoms with Gasteiger partial charge in [0, 0.05) is 25.7 Å². The SMILES string of the molecule is Cc1ccc(-c2nc(C#N)cc(N(C)C)n2)c(C)c1C. The molecule has 0 atom stereocenters. The van der Waals surface area contributed by atoms with E-state index in [0.29, 0.717) is 11.5 Å². The van der Waals surface area contributed by atoms with E-state index in [1.807, 2.05) is 25.1 Å². The van der Waals surface area contributed by atoms with Crippen LogP contribution in [0.5, 0.6) is 0 Å². The van der Waals surface area contributed by atoms with Crippen molar-refractivity contribution >= 4 is 5.82 Å². The van der Waals surface area contributed by atoms with Gasteiger partial charge in [0.05, 0.1) is 0 Å². The lowest BCUT2D eigenvalue weighted by Gasteiger charge is -2.14. The summed E-state index contributed by atoms with van der Waals surface area (Å²) in [6, 6.07) is 7.88. The van der Waals surface area contributed by atoms with Gasteiger partial charge in [-0.25, -0.2) is 9.97 Å². The van der Waals surface area contributed by atoms with Gasteiger partial charge in [-0.3, -0.25) is 0 Å². The van der Waals surface area contributed by atoms with E-state index in [1.54, 1.807) is 6.07 Å². The summed E-state index contributed by atoms with van der Waals surface area (Å²) < 4.78 is 0. The van der Waals surface area contributed by atoms with Gasteiger partial charge in [0.25, 0.3) is 0 Å². The second kappa shape index (κ2) is 5.30. The molecule has 0 saturated carbocycles. The minimum absolute atomic E-state index is 0.385. The normalized spacial score (nSPS) is 10.2. The summed E-state index contributed by atoms with van der Waals surface area (Å²) in [6.07, 6.45) is 0. The molecule has 1 heterocycles. The first-order chi connectivity index (χ1) is 9.43. The third-order valence-electron chi connectivity index (χ3n) is 3.58. The van der Waals surface area contributed by atoms with Gasteiger partial charge in [0.2, 0.25) is 0 Å². The standard InChI is InChI=1S/C16H18N4/c1-10-6-7-14(12(3)11(10)2)16-18-13(9-17)8-15(19-16)20(4)5/h6-8H,1-5H3. The van der Waals surface area contributed by atoms with Gasteiger partial charge in [-0.2, -0.15) is 5.26 Å². The average molecular weight is 266 g/mol. The second-order valence-electron chi connectivity index (χ2n) is 5.12. The molecule has 4 nitrogen and oxygen atoms in total. The lowest BCUT2D eigenvalue weighted by molar-refractivity contribution is 1.03. The largest absolute Gasteiger partial charge is 0.363 e. The van der Waals surface area contributed by atoms with Gasteiger partial charge in [-0.05, 0) is 37.5 Å². The van der Waals surface area contributed by atoms with Crippen molar-refractivity contribution in [2.45, 2.75) is 20.8 Å². The number of anilines is 1. The fourth-order valence-electron chi connectivity index (χ4n) is 2.04. The summed E-state index contributed by atoms with van der Waals surface area (Å²) in [5.41, 5.74) is 5.00. The highest BCUT2D eigenvalue weighted by Gasteiger charge is 2.12. The van der Waals surface area contributed by atoms with E-state index >= 15 is 0 Å². The van der Waals surface area contributed by atoms with Crippen LogP contribution in [0.4, 0.5) is 5.82 Å². The van der Waals surface area contributed by atoms with E-state index in [-0.39, 0.29) is 0 Å². The van der Waals surface area contributed by atoms with Gasteiger partial charge in [-0.1, -0.05) is 12.1 Å². The number of nitrogens with zero attached hydrogens (tertiary/aromatic N) is 4. The Morgan fingerprint density at radius 3 is 2.35 bits per heavy atom. The number of nitriles is 1. The van der Waals surface area contributed by atoms with Crippen molar-refractivity contribution in [3.63, 3.8) is 0 Å². The van der Waals surface area contributed by atoms with E-state index in [9.17, 15) is 0 Å². The fourth-order valence-corrected chi connectivity index (χ4v) is 2.04. The van der Waals surface area contributed by atoms with E-state index in [4.69, 9.17) is 5.26 Å². The molecule has 1 aromatic heterocycles. The van der Waals surface area contributed by atoms with Crippen LogP contribution >= 0.6 is 0 Å². The molecule has 2 rings (SSSR count). The molecule has 20 heavy (non-hydrogen) atoms. The molecular weight excluding hydrogens is 248 g/mol. The van der Waals surface area contributed by atoms with Crippen LogP contribution in [0, 0.1) is 32.1 Å². The maximum absolute atomic E-state index is 9.12. The predicted molar refractivity (Wildman–Crippen MR) is 80.7 cm³/mol. The van der Waals surface area contributed by atoms with Crippen molar-refractivity contribution in [2.24, 2.45) is 0 Å². The summed E-state index contributed by atoms with van der Waals surface area (Å²) in [6.45, 7) is 6.24. The first kappa shape index (κ1) is 14.0. The smallest absolute Gasteiger partial charge is 0.163 e. The summed E-state index contributed by atoms with van der Waals surface area (Å²) >= 11 is 0. The number of hydrogen-bond donors (Lipinski definition) is 0. The van der Waals surface area contributed by atoms with Crippen molar-refractivity contribution in [3.05, 3.63) is 40.6 Å². The minimum Gasteiger partial charge on any atom is -0.363 e. The van der Waals surface area contributed by atoms with Crippen molar-refractivity contribution in [1.29, 1.82) is 5.26 Å². The molecule has 1 aromatic carbocycles. The zero-order valence-corrected chi connectivity index (χ0v) is 12.5. The summed E-state index contributed by atoms with van der Waals surface area (Å²) in [5.74, 6) is 1.34. The van der Waals surface area contributed by atoms with Gasteiger partial charge in [0.15, 0.2) is 5.82 Å². The highest BCUT2D eigenvalue weighted by Crippen LogP contribution is 2.26. The van der Waals surface area contributed by atoms with Crippen molar-refractivity contribution in [3.8, 4) is 17.5 Å². The van der Waals surface area contributed by atoms with Crippen molar-refractivity contribution in [1.82, 2.24) is 9.97 Å². The van der Waals surface area contributed by atoms with E-state index in [0.717, 1.165) is 16.9 Å². The number of rotatable bonds is 2. The lowest BCUT2D eigenvalue weighted by Crippen LogP contribution is -2.12. The Labute approximate surface area is 119 Å². The maximum Gasteiger partial charge on any atom is 0.163 e. The van der Waals surface area contributed by atoms with Crippen LogP contribution in [0.25, 0.3) is 11.4 Å². The number of aromatic nitrogens is 2. The van der Waals surface area contributed by atoms with Crippen LogP contribution in [-0.2, 0) is 0 Å². The third-order valence-corrected chi connectivity index (χ3v) is 3.58. The zero-order valence-electron chi connectivity index (χ0n) is 12.5. The Morgan fingerprint density at radius 2 is 1.75 bits per heavy atom. The number of hydrogen-bond acceptors (Lipinski definition) is 4. The van der Waals surface area contributed by atoms with Crippen LogP contribution < -0.4 is 4.90 Å². The first-order valence-corrected chi connectivity index (χ1v) is 6.47. The van der Waals surface area contributed by atoms with Crippen molar-refractivity contribution < 1.29 is 0 Å². The topological polar surface area (TPSA) is 52.8 Å². The van der Waals surface area contributed by atoms with Crippen LogP contribution in [0.2, 0.25) is 0 Å². The molecule has 2 aromatic rings. The average Bonchev–Trinajstić information content (AvgIpc) is 2.44. The molecule has 0 saturated heterocycles. The van der Waals surface area contributed by atoms with Gasteiger partial charge >= 0.3 is 0 Å². The van der Waals surface area contributed by atoms with E-state index in [2.05, 4.69) is 42.9 Å². The molecule has 0 unspecified atom stereocenters. The number of aryl methyl sites for hydroxylation is 1. The molecule has 0 amide bonds. The zero-order chi connectivity index (χ0) is 14.9.